The van der Waals surface area contributed by atoms with Crippen molar-refractivity contribution in [3.05, 3.63) is 28.2 Å². The molecule has 27 heavy (non-hydrogen) atoms. The number of aryl methyl sites for hydroxylation is 1. The van der Waals surface area contributed by atoms with Gasteiger partial charge in [0.2, 0.25) is 5.91 Å². The zero-order valence-corrected chi connectivity index (χ0v) is 16.8. The lowest BCUT2D eigenvalue weighted by Crippen LogP contribution is -2.36. The lowest BCUT2D eigenvalue weighted by Gasteiger charge is -2.23. The van der Waals surface area contributed by atoms with Crippen molar-refractivity contribution in [3.8, 4) is 0 Å². The van der Waals surface area contributed by atoms with E-state index in [0.717, 1.165) is 10.4 Å². The highest BCUT2D eigenvalue weighted by Gasteiger charge is 2.51. The number of esters is 1. The third-order valence-electron chi connectivity index (χ3n) is 5.39. The molecule has 2 N–H and O–H groups in total. The van der Waals surface area contributed by atoms with Crippen LogP contribution in [-0.4, -0.2) is 29.1 Å². The number of fused-ring (bicyclic) bond motifs is 2. The molecule has 1 aromatic heterocycles. The van der Waals surface area contributed by atoms with E-state index in [-0.39, 0.29) is 23.8 Å². The van der Waals surface area contributed by atoms with E-state index in [9.17, 15) is 19.5 Å². The average molecular weight is 391 g/mol. The molecule has 3 rings (SSSR count). The molecule has 6 nitrogen and oxygen atoms in total. The Kier molecular flexibility index (Phi) is 5.42. The molecule has 0 aliphatic heterocycles. The highest BCUT2D eigenvalue weighted by atomic mass is 32.1. The molecule has 0 radical (unpaired) electrons. The second-order valence-corrected chi connectivity index (χ2v) is 8.70. The number of hydrogen-bond donors (Lipinski definition) is 2. The summed E-state index contributed by atoms with van der Waals surface area (Å²) in [5.41, 5.74) is 1.26. The molecule has 0 saturated heterocycles. The fourth-order valence-electron chi connectivity index (χ4n) is 4.29. The first-order valence-electron chi connectivity index (χ1n) is 9.29. The van der Waals surface area contributed by atoms with Gasteiger partial charge in [-0.1, -0.05) is 19.1 Å². The smallest absolute Gasteiger partial charge is 0.341 e. The standard InChI is InChI=1S/C20H25NO5S/c1-5-13-10(4)27-18(16(13)20(25)26-9(2)3)21-17(22)14-11-6-7-12(8-11)15(14)19(23)24/h6-7,9,11-12,14-15H,5,8H2,1-4H3,(H,21,22)(H,23,24)/t11-,12-,14-,15+/m1/s1. The maximum Gasteiger partial charge on any atom is 0.341 e. The number of carbonyl (C=O) groups is 3. The summed E-state index contributed by atoms with van der Waals surface area (Å²) in [6.07, 6.45) is 4.93. The molecule has 0 spiro atoms. The van der Waals surface area contributed by atoms with Crippen molar-refractivity contribution in [1.82, 2.24) is 0 Å². The predicted molar refractivity (Wildman–Crippen MR) is 103 cm³/mol. The number of carboxylic acid groups (broad SMARTS) is 1. The molecule has 146 valence electrons. The van der Waals surface area contributed by atoms with Crippen LogP contribution in [0, 0.1) is 30.6 Å². The van der Waals surface area contributed by atoms with Crippen LogP contribution in [0.4, 0.5) is 5.00 Å². The molecule has 1 amide bonds. The summed E-state index contributed by atoms with van der Waals surface area (Å²) in [6.45, 7) is 7.42. The Labute approximate surface area is 162 Å². The largest absolute Gasteiger partial charge is 0.481 e. The molecule has 4 atom stereocenters. The summed E-state index contributed by atoms with van der Waals surface area (Å²) in [5, 5.41) is 12.9. The Hall–Kier alpha value is -2.15. The number of thiophene rings is 1. The number of amides is 1. The van der Waals surface area contributed by atoms with Crippen LogP contribution in [0.1, 0.15) is 48.0 Å². The van der Waals surface area contributed by atoms with Crippen molar-refractivity contribution in [2.75, 3.05) is 5.32 Å². The zero-order chi connectivity index (χ0) is 19.9. The van der Waals surface area contributed by atoms with Gasteiger partial charge < -0.3 is 15.2 Å². The van der Waals surface area contributed by atoms with Crippen LogP contribution in [0.25, 0.3) is 0 Å². The van der Waals surface area contributed by atoms with E-state index >= 15 is 0 Å². The van der Waals surface area contributed by atoms with E-state index in [1.807, 2.05) is 26.0 Å². The van der Waals surface area contributed by atoms with Crippen LogP contribution >= 0.6 is 11.3 Å². The highest BCUT2D eigenvalue weighted by Crippen LogP contribution is 2.49. The topological polar surface area (TPSA) is 92.7 Å². The summed E-state index contributed by atoms with van der Waals surface area (Å²) in [7, 11) is 0. The third kappa shape index (κ3) is 3.52. The first-order valence-corrected chi connectivity index (χ1v) is 10.1. The van der Waals surface area contributed by atoms with E-state index < -0.39 is 23.8 Å². The van der Waals surface area contributed by atoms with Gasteiger partial charge in [-0.05, 0) is 51.0 Å². The van der Waals surface area contributed by atoms with Crippen LogP contribution in [-0.2, 0) is 20.7 Å². The SMILES string of the molecule is CCc1c(C)sc(NC(=O)[C@H]2[C@@H](C(=O)O)[C@@H]3C=C[C@@H]2C3)c1C(=O)OC(C)C. The lowest BCUT2D eigenvalue weighted by molar-refractivity contribution is -0.146. The minimum Gasteiger partial charge on any atom is -0.481 e. The van der Waals surface area contributed by atoms with Gasteiger partial charge in [0, 0.05) is 4.88 Å². The first-order chi connectivity index (χ1) is 12.7. The van der Waals surface area contributed by atoms with Crippen LogP contribution in [0.5, 0.6) is 0 Å². The quantitative estimate of drug-likeness (QED) is 0.570. The summed E-state index contributed by atoms with van der Waals surface area (Å²) in [5.74, 6) is -3.20. The first kappa shape index (κ1) is 19.6. The Morgan fingerprint density at radius 1 is 1.26 bits per heavy atom. The van der Waals surface area contributed by atoms with Crippen molar-refractivity contribution in [3.63, 3.8) is 0 Å². The van der Waals surface area contributed by atoms with Crippen molar-refractivity contribution >= 4 is 34.2 Å². The molecule has 1 heterocycles. The number of allylic oxidation sites excluding steroid dienone is 2. The third-order valence-corrected chi connectivity index (χ3v) is 6.46. The number of carbonyl (C=O) groups excluding carboxylic acids is 2. The number of ether oxygens (including phenoxy) is 1. The molecule has 2 aliphatic carbocycles. The summed E-state index contributed by atoms with van der Waals surface area (Å²) in [6, 6.07) is 0. The molecule has 0 unspecified atom stereocenters. The van der Waals surface area contributed by atoms with Crippen LogP contribution in [0.2, 0.25) is 0 Å². The number of carboxylic acids is 1. The minimum atomic E-state index is -0.942. The van der Waals surface area contributed by atoms with Crippen molar-refractivity contribution in [2.45, 2.75) is 46.6 Å². The fraction of sp³-hybridized carbons (Fsp3) is 0.550. The highest BCUT2D eigenvalue weighted by molar-refractivity contribution is 7.16. The zero-order valence-electron chi connectivity index (χ0n) is 15.9. The number of rotatable bonds is 6. The van der Waals surface area contributed by atoms with E-state index in [1.165, 1.54) is 11.3 Å². The lowest BCUT2D eigenvalue weighted by atomic mass is 9.82. The predicted octanol–water partition coefficient (Wildman–Crippen LogP) is 3.65. The second kappa shape index (κ2) is 7.46. The van der Waals surface area contributed by atoms with Gasteiger partial charge >= 0.3 is 11.9 Å². The Morgan fingerprint density at radius 2 is 1.89 bits per heavy atom. The number of hydrogen-bond acceptors (Lipinski definition) is 5. The second-order valence-electron chi connectivity index (χ2n) is 7.48. The van der Waals surface area contributed by atoms with Gasteiger partial charge in [0.1, 0.15) is 5.00 Å². The van der Waals surface area contributed by atoms with Crippen molar-refractivity contribution in [1.29, 1.82) is 0 Å². The molecule has 2 aliphatic rings. The van der Waals surface area contributed by atoms with Crippen molar-refractivity contribution in [2.24, 2.45) is 23.7 Å². The monoisotopic (exact) mass is 391 g/mol. The van der Waals surface area contributed by atoms with E-state index in [2.05, 4.69) is 5.32 Å². The van der Waals surface area contributed by atoms with Gasteiger partial charge in [-0.15, -0.1) is 11.3 Å². The van der Waals surface area contributed by atoms with E-state index in [1.54, 1.807) is 13.8 Å². The number of aliphatic carboxylic acids is 1. The van der Waals surface area contributed by atoms with Crippen LogP contribution in [0.3, 0.4) is 0 Å². The summed E-state index contributed by atoms with van der Waals surface area (Å²) in [4.78, 5) is 38.2. The Balaban J connectivity index is 1.89. The summed E-state index contributed by atoms with van der Waals surface area (Å²) >= 11 is 1.34. The maximum absolute atomic E-state index is 13.0. The van der Waals surface area contributed by atoms with E-state index in [0.29, 0.717) is 23.4 Å². The fourth-order valence-corrected chi connectivity index (χ4v) is 5.43. The normalized spacial score (nSPS) is 25.8. The Morgan fingerprint density at radius 3 is 2.44 bits per heavy atom. The van der Waals surface area contributed by atoms with Gasteiger partial charge in [0.25, 0.3) is 0 Å². The van der Waals surface area contributed by atoms with Gasteiger partial charge in [0.15, 0.2) is 0 Å². The molecule has 2 bridgehead atoms. The molecule has 1 aromatic rings. The molecular formula is C20H25NO5S. The molecular weight excluding hydrogens is 366 g/mol. The van der Waals surface area contributed by atoms with Crippen molar-refractivity contribution < 1.29 is 24.2 Å². The van der Waals surface area contributed by atoms with Gasteiger partial charge in [0.05, 0.1) is 23.5 Å². The van der Waals surface area contributed by atoms with Gasteiger partial charge in [-0.2, -0.15) is 0 Å². The van der Waals surface area contributed by atoms with E-state index in [4.69, 9.17) is 4.74 Å². The molecule has 0 aromatic carbocycles. The van der Waals surface area contributed by atoms with Gasteiger partial charge in [-0.25, -0.2) is 4.79 Å². The molecule has 1 saturated carbocycles. The van der Waals surface area contributed by atoms with Crippen LogP contribution < -0.4 is 5.32 Å². The molecule has 1 fully saturated rings. The van der Waals surface area contributed by atoms with Gasteiger partial charge in [-0.3, -0.25) is 9.59 Å². The summed E-state index contributed by atoms with van der Waals surface area (Å²) < 4.78 is 5.36. The minimum absolute atomic E-state index is 0.0612. The average Bonchev–Trinajstić information content (AvgIpc) is 3.25. The maximum atomic E-state index is 13.0. The Bertz CT molecular complexity index is 810. The van der Waals surface area contributed by atoms with Crippen LogP contribution in [0.15, 0.2) is 12.2 Å². The molecule has 7 heteroatoms. The number of anilines is 1. The number of nitrogens with one attached hydrogen (secondary N) is 1.